The number of hydrogen-bond acceptors (Lipinski definition) is 4. The van der Waals surface area contributed by atoms with Crippen molar-refractivity contribution < 1.29 is 14.0 Å². The molecule has 2 saturated heterocycles. The number of carbonyl (C=O) groups is 2. The molecule has 0 bridgehead atoms. The maximum absolute atomic E-state index is 14.0. The average molecular weight is 423 g/mol. The first-order valence-electron chi connectivity index (χ1n) is 10.4. The van der Waals surface area contributed by atoms with Gasteiger partial charge in [0.15, 0.2) is 0 Å². The van der Waals surface area contributed by atoms with Gasteiger partial charge in [0.05, 0.1) is 6.67 Å². The van der Waals surface area contributed by atoms with Gasteiger partial charge in [0.25, 0.3) is 5.91 Å². The van der Waals surface area contributed by atoms with Gasteiger partial charge in [0.1, 0.15) is 11.4 Å². The second kappa shape index (κ2) is 8.20. The van der Waals surface area contributed by atoms with E-state index in [0.717, 1.165) is 38.8 Å². The largest absolute Gasteiger partial charge is 0.326 e. The van der Waals surface area contributed by atoms with Gasteiger partial charge in [-0.05, 0) is 43.7 Å². The number of imide groups is 1. The molecule has 3 fully saturated rings. The first kappa shape index (κ1) is 20.6. The topological polar surface area (TPSA) is 55.9 Å². The maximum atomic E-state index is 14.0. The molecule has 0 atom stereocenters. The van der Waals surface area contributed by atoms with Gasteiger partial charge in [0.2, 0.25) is 0 Å². The highest BCUT2D eigenvalue weighted by Gasteiger charge is 2.52. The van der Waals surface area contributed by atoms with Crippen LogP contribution in [0, 0.1) is 11.7 Å². The van der Waals surface area contributed by atoms with Crippen LogP contribution in [0.5, 0.6) is 0 Å². The summed E-state index contributed by atoms with van der Waals surface area (Å²) < 4.78 is 14.0. The van der Waals surface area contributed by atoms with E-state index in [4.69, 9.17) is 11.6 Å². The third-order valence-corrected chi connectivity index (χ3v) is 6.98. The molecule has 1 spiro atoms. The predicted molar refractivity (Wildman–Crippen MR) is 109 cm³/mol. The number of hydrogen-bond donors (Lipinski definition) is 1. The number of nitrogens with zero attached hydrogens (tertiary/aromatic N) is 3. The molecule has 6 nitrogen and oxygen atoms in total. The molecule has 0 unspecified atom stereocenters. The molecule has 158 valence electrons. The highest BCUT2D eigenvalue weighted by molar-refractivity contribution is 6.31. The standard InChI is InChI=1S/C21H28ClFN4O2/c1-15-5-7-21(8-6-15)19(28)27(20(29)24-21)14-26-11-9-25(10-12-26)13-16-17(22)3-2-4-18(16)23/h2-4,15H,5-14H2,1H3,(H,24,29). The minimum Gasteiger partial charge on any atom is -0.323 e. The van der Waals surface area contributed by atoms with Gasteiger partial charge in [-0.3, -0.25) is 14.6 Å². The van der Waals surface area contributed by atoms with Gasteiger partial charge < -0.3 is 5.32 Å². The van der Waals surface area contributed by atoms with Crippen molar-refractivity contribution in [1.82, 2.24) is 20.0 Å². The summed E-state index contributed by atoms with van der Waals surface area (Å²) in [6.07, 6.45) is 3.40. The van der Waals surface area contributed by atoms with Crippen molar-refractivity contribution in [2.45, 2.75) is 44.7 Å². The lowest BCUT2D eigenvalue weighted by molar-refractivity contribution is -0.134. The summed E-state index contributed by atoms with van der Waals surface area (Å²) >= 11 is 6.14. The lowest BCUT2D eigenvalue weighted by atomic mass is 9.77. The van der Waals surface area contributed by atoms with E-state index in [2.05, 4.69) is 22.0 Å². The summed E-state index contributed by atoms with van der Waals surface area (Å²) in [5.41, 5.74) is -0.169. The van der Waals surface area contributed by atoms with Crippen LogP contribution in [0.25, 0.3) is 0 Å². The molecule has 29 heavy (non-hydrogen) atoms. The fourth-order valence-electron chi connectivity index (χ4n) is 4.59. The van der Waals surface area contributed by atoms with E-state index in [0.29, 0.717) is 42.8 Å². The van der Waals surface area contributed by atoms with E-state index in [1.807, 2.05) is 0 Å². The van der Waals surface area contributed by atoms with Crippen molar-refractivity contribution in [2.24, 2.45) is 5.92 Å². The van der Waals surface area contributed by atoms with Crippen LogP contribution in [0.3, 0.4) is 0 Å². The Bertz CT molecular complexity index is 769. The van der Waals surface area contributed by atoms with E-state index in [9.17, 15) is 14.0 Å². The number of urea groups is 1. The molecule has 1 N–H and O–H groups in total. The zero-order valence-electron chi connectivity index (χ0n) is 16.8. The highest BCUT2D eigenvalue weighted by Crippen LogP contribution is 2.36. The first-order valence-corrected chi connectivity index (χ1v) is 10.8. The van der Waals surface area contributed by atoms with E-state index < -0.39 is 5.54 Å². The molecule has 1 aromatic rings. The minimum atomic E-state index is -0.687. The number of nitrogens with one attached hydrogen (secondary N) is 1. The Morgan fingerprint density at radius 3 is 2.45 bits per heavy atom. The van der Waals surface area contributed by atoms with Crippen LogP contribution in [-0.2, 0) is 11.3 Å². The van der Waals surface area contributed by atoms with E-state index >= 15 is 0 Å². The molecule has 1 saturated carbocycles. The zero-order valence-corrected chi connectivity index (χ0v) is 17.6. The molecular weight excluding hydrogens is 395 g/mol. The predicted octanol–water partition coefficient (Wildman–Crippen LogP) is 3.05. The molecule has 0 aromatic heterocycles. The quantitative estimate of drug-likeness (QED) is 0.758. The van der Waals surface area contributed by atoms with Gasteiger partial charge in [-0.2, -0.15) is 0 Å². The molecule has 8 heteroatoms. The lowest BCUT2D eigenvalue weighted by Gasteiger charge is -2.37. The number of piperazine rings is 1. The van der Waals surface area contributed by atoms with Crippen LogP contribution in [0.2, 0.25) is 5.02 Å². The smallest absolute Gasteiger partial charge is 0.323 e. The molecule has 4 rings (SSSR count). The van der Waals surface area contributed by atoms with Crippen molar-refractivity contribution in [3.05, 3.63) is 34.6 Å². The second-order valence-electron chi connectivity index (χ2n) is 8.66. The first-order chi connectivity index (χ1) is 13.9. The number of benzene rings is 1. The Hall–Kier alpha value is -1.70. The molecule has 2 heterocycles. The van der Waals surface area contributed by atoms with Gasteiger partial charge in [0, 0.05) is 43.3 Å². The SMILES string of the molecule is CC1CCC2(CC1)NC(=O)N(CN1CCN(Cc3c(F)cccc3Cl)CC1)C2=O. The van der Waals surface area contributed by atoms with E-state index in [1.165, 1.54) is 11.0 Å². The Morgan fingerprint density at radius 2 is 1.79 bits per heavy atom. The van der Waals surface area contributed by atoms with Crippen LogP contribution in [0.15, 0.2) is 18.2 Å². The summed E-state index contributed by atoms with van der Waals surface area (Å²) in [5.74, 6) is 0.247. The average Bonchev–Trinajstić information content (AvgIpc) is 2.93. The fourth-order valence-corrected chi connectivity index (χ4v) is 4.82. The zero-order chi connectivity index (χ0) is 20.6. The lowest BCUT2D eigenvalue weighted by Crippen LogP contribution is -2.52. The van der Waals surface area contributed by atoms with Gasteiger partial charge in [-0.15, -0.1) is 0 Å². The molecule has 3 aliphatic rings. The van der Waals surface area contributed by atoms with Gasteiger partial charge >= 0.3 is 6.03 Å². The number of carbonyl (C=O) groups excluding carboxylic acids is 2. The van der Waals surface area contributed by atoms with Crippen LogP contribution in [0.1, 0.15) is 38.2 Å². The Labute approximate surface area is 176 Å². The minimum absolute atomic E-state index is 0.0741. The van der Waals surface area contributed by atoms with Gasteiger partial charge in [-0.25, -0.2) is 14.1 Å². The number of amides is 3. The summed E-state index contributed by atoms with van der Waals surface area (Å²) in [5, 5.41) is 3.42. The molecule has 1 aliphatic carbocycles. The van der Waals surface area contributed by atoms with Crippen molar-refractivity contribution in [3.8, 4) is 0 Å². The van der Waals surface area contributed by atoms with Gasteiger partial charge in [-0.1, -0.05) is 24.6 Å². The molecule has 0 radical (unpaired) electrons. The summed E-state index contributed by atoms with van der Waals surface area (Å²) in [6.45, 7) is 5.87. The third kappa shape index (κ3) is 4.13. The number of rotatable bonds is 4. The normalized spacial score (nSPS) is 28.9. The van der Waals surface area contributed by atoms with Crippen molar-refractivity contribution in [1.29, 1.82) is 0 Å². The highest BCUT2D eigenvalue weighted by atomic mass is 35.5. The Balaban J connectivity index is 1.32. The third-order valence-electron chi connectivity index (χ3n) is 6.62. The van der Waals surface area contributed by atoms with Crippen LogP contribution >= 0.6 is 11.6 Å². The van der Waals surface area contributed by atoms with Crippen LogP contribution < -0.4 is 5.32 Å². The fraction of sp³-hybridized carbons (Fsp3) is 0.619. The second-order valence-corrected chi connectivity index (χ2v) is 9.07. The Kier molecular flexibility index (Phi) is 5.82. The summed E-state index contributed by atoms with van der Waals surface area (Å²) in [4.78, 5) is 31.1. The molecule has 2 aliphatic heterocycles. The van der Waals surface area contributed by atoms with Crippen molar-refractivity contribution >= 4 is 23.5 Å². The monoisotopic (exact) mass is 422 g/mol. The maximum Gasteiger partial charge on any atom is 0.326 e. The van der Waals surface area contributed by atoms with Crippen LogP contribution in [0.4, 0.5) is 9.18 Å². The summed E-state index contributed by atoms with van der Waals surface area (Å²) in [7, 11) is 0. The summed E-state index contributed by atoms with van der Waals surface area (Å²) in [6, 6.07) is 4.47. The molecule has 1 aromatic carbocycles. The van der Waals surface area contributed by atoms with E-state index in [-0.39, 0.29) is 17.8 Å². The van der Waals surface area contributed by atoms with Crippen LogP contribution in [-0.4, -0.2) is 65.0 Å². The van der Waals surface area contributed by atoms with E-state index in [1.54, 1.807) is 12.1 Å². The number of halogens is 2. The molecule has 3 amide bonds. The van der Waals surface area contributed by atoms with Crippen molar-refractivity contribution in [2.75, 3.05) is 32.8 Å². The Morgan fingerprint density at radius 1 is 1.14 bits per heavy atom. The molecular formula is C21H28ClFN4O2. The van der Waals surface area contributed by atoms with Crippen molar-refractivity contribution in [3.63, 3.8) is 0 Å².